The highest BCUT2D eigenvalue weighted by Gasteiger charge is 2.10. The summed E-state index contributed by atoms with van der Waals surface area (Å²) < 4.78 is 10.7. The van der Waals surface area contributed by atoms with Crippen LogP contribution < -0.4 is 0 Å². The van der Waals surface area contributed by atoms with E-state index >= 15 is 0 Å². The van der Waals surface area contributed by atoms with Gasteiger partial charge in [0.1, 0.15) is 11.5 Å². The summed E-state index contributed by atoms with van der Waals surface area (Å²) in [5.41, 5.74) is 1.30. The lowest BCUT2D eigenvalue weighted by atomic mass is 10.1. The molecule has 5 heteroatoms. The number of carbonyl (C=O) groups excluding carboxylic acids is 2. The molecular weight excluding hydrogens is 304 g/mol. The molecule has 0 amide bonds. The summed E-state index contributed by atoms with van der Waals surface area (Å²) in [7, 11) is 0. The van der Waals surface area contributed by atoms with Crippen molar-refractivity contribution in [3.8, 4) is 11.3 Å². The highest BCUT2D eigenvalue weighted by molar-refractivity contribution is 6.66. The van der Waals surface area contributed by atoms with Crippen LogP contribution in [-0.4, -0.2) is 17.3 Å². The summed E-state index contributed by atoms with van der Waals surface area (Å²) in [4.78, 5) is 22.4. The molecule has 0 N–H and O–H groups in total. The number of ether oxygens (including phenoxy) is 1. The lowest BCUT2D eigenvalue weighted by Crippen LogP contribution is -2.11. The van der Waals surface area contributed by atoms with Crippen LogP contribution in [0.3, 0.4) is 0 Å². The number of benzene rings is 1. The molecule has 2 aromatic rings. The Hall–Kier alpha value is -2.33. The second kappa shape index (κ2) is 7.09. The van der Waals surface area contributed by atoms with Gasteiger partial charge in [0.2, 0.25) is 5.24 Å². The Kier molecular flexibility index (Phi) is 5.17. The van der Waals surface area contributed by atoms with Gasteiger partial charge in [0.15, 0.2) is 0 Å². The minimum Gasteiger partial charge on any atom is -0.459 e. The summed E-state index contributed by atoms with van der Waals surface area (Å²) in [5.74, 6) is 0.794. The van der Waals surface area contributed by atoms with Crippen LogP contribution >= 0.6 is 11.6 Å². The topological polar surface area (TPSA) is 56.5 Å². The molecule has 0 spiro atoms. The van der Waals surface area contributed by atoms with Crippen LogP contribution in [-0.2, 0) is 9.53 Å². The maximum atomic E-state index is 11.8. The molecular formula is C17H15ClO4. The largest absolute Gasteiger partial charge is 0.459 e. The van der Waals surface area contributed by atoms with Crippen LogP contribution in [0.2, 0.25) is 0 Å². The molecule has 1 aromatic carbocycles. The van der Waals surface area contributed by atoms with Gasteiger partial charge in [-0.15, -0.1) is 0 Å². The van der Waals surface area contributed by atoms with Gasteiger partial charge in [-0.2, -0.15) is 0 Å². The van der Waals surface area contributed by atoms with Crippen molar-refractivity contribution in [3.63, 3.8) is 0 Å². The van der Waals surface area contributed by atoms with Gasteiger partial charge in [0.05, 0.1) is 11.7 Å². The third-order valence-electron chi connectivity index (χ3n) is 2.75. The van der Waals surface area contributed by atoms with Gasteiger partial charge < -0.3 is 9.15 Å². The molecule has 2 rings (SSSR count). The van der Waals surface area contributed by atoms with Crippen molar-refractivity contribution < 1.29 is 18.7 Å². The summed E-state index contributed by atoms with van der Waals surface area (Å²) >= 11 is 5.22. The van der Waals surface area contributed by atoms with Gasteiger partial charge in [-0.25, -0.2) is 4.79 Å². The molecule has 0 unspecified atom stereocenters. The number of hydrogen-bond acceptors (Lipinski definition) is 4. The quantitative estimate of drug-likeness (QED) is 0.469. The van der Waals surface area contributed by atoms with Crippen molar-refractivity contribution in [3.05, 3.63) is 53.8 Å². The molecule has 0 saturated heterocycles. The fraction of sp³-hybridized carbons (Fsp3) is 0.176. The molecule has 0 radical (unpaired) electrons. The molecule has 22 heavy (non-hydrogen) atoms. The first-order valence-electron chi connectivity index (χ1n) is 6.74. The Bertz CT molecular complexity index is 696. The number of carbonyl (C=O) groups is 2. The SMILES string of the molecule is CC(C)OC(=O)c1ccc(-c2ccc(/C=C/C(=O)Cl)o2)cc1. The molecule has 4 nitrogen and oxygen atoms in total. The fourth-order valence-corrected chi connectivity index (χ4v) is 1.86. The van der Waals surface area contributed by atoms with Gasteiger partial charge in [0.25, 0.3) is 0 Å². The van der Waals surface area contributed by atoms with Crippen molar-refractivity contribution in [2.75, 3.05) is 0 Å². The van der Waals surface area contributed by atoms with Crippen molar-refractivity contribution >= 4 is 28.9 Å². The molecule has 0 saturated carbocycles. The smallest absolute Gasteiger partial charge is 0.338 e. The Morgan fingerprint density at radius 3 is 2.41 bits per heavy atom. The zero-order chi connectivity index (χ0) is 16.1. The van der Waals surface area contributed by atoms with Crippen molar-refractivity contribution in [2.24, 2.45) is 0 Å². The first kappa shape index (κ1) is 16.0. The van der Waals surface area contributed by atoms with E-state index in [4.69, 9.17) is 20.8 Å². The number of esters is 1. The van der Waals surface area contributed by atoms with E-state index in [1.54, 1.807) is 50.2 Å². The van der Waals surface area contributed by atoms with Gasteiger partial charge in [-0.3, -0.25) is 4.79 Å². The monoisotopic (exact) mass is 318 g/mol. The molecule has 0 atom stereocenters. The van der Waals surface area contributed by atoms with E-state index < -0.39 is 5.24 Å². The van der Waals surface area contributed by atoms with Crippen LogP contribution in [0.5, 0.6) is 0 Å². The Morgan fingerprint density at radius 1 is 1.14 bits per heavy atom. The molecule has 1 aromatic heterocycles. The number of rotatable bonds is 5. The third-order valence-corrected chi connectivity index (χ3v) is 2.88. The zero-order valence-electron chi connectivity index (χ0n) is 12.2. The summed E-state index contributed by atoms with van der Waals surface area (Å²) in [6.07, 6.45) is 2.55. The molecule has 0 aliphatic heterocycles. The second-order valence-electron chi connectivity index (χ2n) is 4.87. The Balaban J connectivity index is 2.14. The van der Waals surface area contributed by atoms with Gasteiger partial charge >= 0.3 is 5.97 Å². The highest BCUT2D eigenvalue weighted by atomic mass is 35.5. The van der Waals surface area contributed by atoms with Crippen LogP contribution in [0.1, 0.15) is 30.0 Å². The number of allylic oxidation sites excluding steroid dienone is 1. The van der Waals surface area contributed by atoms with E-state index in [0.717, 1.165) is 5.56 Å². The van der Waals surface area contributed by atoms with Crippen LogP contribution in [0.25, 0.3) is 17.4 Å². The van der Waals surface area contributed by atoms with Crippen LogP contribution in [0.15, 0.2) is 46.9 Å². The lowest BCUT2D eigenvalue weighted by molar-refractivity contribution is -0.107. The Labute approximate surface area is 133 Å². The summed E-state index contributed by atoms with van der Waals surface area (Å²) in [6.45, 7) is 3.60. The van der Waals surface area contributed by atoms with E-state index in [1.165, 1.54) is 12.2 Å². The molecule has 0 aliphatic carbocycles. The zero-order valence-corrected chi connectivity index (χ0v) is 13.0. The van der Waals surface area contributed by atoms with E-state index in [-0.39, 0.29) is 12.1 Å². The van der Waals surface area contributed by atoms with E-state index in [1.807, 2.05) is 0 Å². The van der Waals surface area contributed by atoms with E-state index in [2.05, 4.69) is 0 Å². The van der Waals surface area contributed by atoms with Crippen molar-refractivity contribution in [1.29, 1.82) is 0 Å². The van der Waals surface area contributed by atoms with Gasteiger partial charge in [-0.05, 0) is 55.8 Å². The predicted molar refractivity (Wildman–Crippen MR) is 84.6 cm³/mol. The van der Waals surface area contributed by atoms with E-state index in [0.29, 0.717) is 17.1 Å². The normalized spacial score (nSPS) is 11.1. The number of hydrogen-bond donors (Lipinski definition) is 0. The highest BCUT2D eigenvalue weighted by Crippen LogP contribution is 2.23. The maximum absolute atomic E-state index is 11.8. The number of furan rings is 1. The minimum absolute atomic E-state index is 0.156. The van der Waals surface area contributed by atoms with E-state index in [9.17, 15) is 9.59 Å². The lowest BCUT2D eigenvalue weighted by Gasteiger charge is -2.07. The standard InChI is InChI=1S/C17H15ClO4/c1-11(2)21-17(20)13-5-3-12(4-6-13)15-9-7-14(22-15)8-10-16(18)19/h3-11H,1-2H3/b10-8+. The average molecular weight is 319 g/mol. The van der Waals surface area contributed by atoms with Crippen molar-refractivity contribution in [1.82, 2.24) is 0 Å². The first-order chi connectivity index (χ1) is 10.5. The first-order valence-corrected chi connectivity index (χ1v) is 7.12. The number of halogens is 1. The van der Waals surface area contributed by atoms with Crippen molar-refractivity contribution in [2.45, 2.75) is 20.0 Å². The van der Waals surface area contributed by atoms with Gasteiger partial charge in [-0.1, -0.05) is 12.1 Å². The minimum atomic E-state index is -0.564. The van der Waals surface area contributed by atoms with Crippen LogP contribution in [0, 0.1) is 0 Å². The maximum Gasteiger partial charge on any atom is 0.338 e. The third kappa shape index (κ3) is 4.33. The molecule has 0 fully saturated rings. The Morgan fingerprint density at radius 2 is 1.82 bits per heavy atom. The van der Waals surface area contributed by atoms with Crippen LogP contribution in [0.4, 0.5) is 0 Å². The predicted octanol–water partition coefficient (Wildman–Crippen LogP) is 4.29. The average Bonchev–Trinajstić information content (AvgIpc) is 2.93. The second-order valence-corrected chi connectivity index (χ2v) is 5.24. The van der Waals surface area contributed by atoms with Gasteiger partial charge in [0, 0.05) is 11.6 Å². The molecule has 0 aliphatic rings. The summed E-state index contributed by atoms with van der Waals surface area (Å²) in [6, 6.07) is 10.4. The summed E-state index contributed by atoms with van der Waals surface area (Å²) in [5, 5.41) is -0.564. The molecule has 114 valence electrons. The molecule has 0 bridgehead atoms. The fourth-order valence-electron chi connectivity index (χ4n) is 1.80. The molecule has 1 heterocycles.